The molecule has 2 aliphatic rings. The maximum Gasteiger partial charge on any atom is 0.175 e. The number of carbonyl (C=O) groups is 1. The van der Waals surface area contributed by atoms with Crippen LogP contribution < -0.4 is 10.1 Å². The van der Waals surface area contributed by atoms with Gasteiger partial charge in [0.15, 0.2) is 17.3 Å². The molecule has 4 heteroatoms. The standard InChI is InChI=1S/C14H16FNO2/c1-18-12-4-2-3-9(13(12)15)14(17)10-7-8-5-6-11(10)16-8/h2-4,8,10-11,16H,5-7H2,1H3. The van der Waals surface area contributed by atoms with E-state index in [-0.39, 0.29) is 29.1 Å². The van der Waals surface area contributed by atoms with Crippen molar-refractivity contribution in [2.45, 2.75) is 31.3 Å². The third kappa shape index (κ3) is 1.72. The highest BCUT2D eigenvalue weighted by Crippen LogP contribution is 2.36. The number of carbonyl (C=O) groups excluding carboxylic acids is 1. The molecule has 2 aliphatic heterocycles. The molecule has 3 nitrogen and oxygen atoms in total. The Balaban J connectivity index is 1.89. The molecule has 1 aromatic carbocycles. The third-order valence-electron chi connectivity index (χ3n) is 4.09. The van der Waals surface area contributed by atoms with Crippen LogP contribution in [0.5, 0.6) is 5.75 Å². The first-order valence-corrected chi connectivity index (χ1v) is 6.33. The molecule has 3 atom stereocenters. The van der Waals surface area contributed by atoms with Gasteiger partial charge in [0.05, 0.1) is 12.7 Å². The van der Waals surface area contributed by atoms with Gasteiger partial charge in [-0.1, -0.05) is 6.07 Å². The van der Waals surface area contributed by atoms with Crippen LogP contribution in [0.1, 0.15) is 29.6 Å². The molecule has 2 fully saturated rings. The first kappa shape index (κ1) is 11.7. The molecule has 18 heavy (non-hydrogen) atoms. The number of methoxy groups -OCH3 is 1. The van der Waals surface area contributed by atoms with Crippen LogP contribution in [-0.4, -0.2) is 25.0 Å². The number of hydrogen-bond donors (Lipinski definition) is 1. The Kier molecular flexibility index (Phi) is 2.82. The van der Waals surface area contributed by atoms with E-state index in [0.717, 1.165) is 19.3 Å². The fraction of sp³-hybridized carbons (Fsp3) is 0.500. The summed E-state index contributed by atoms with van der Waals surface area (Å²) in [7, 11) is 1.41. The fourth-order valence-corrected chi connectivity index (χ4v) is 3.17. The van der Waals surface area contributed by atoms with Crippen LogP contribution in [0.4, 0.5) is 4.39 Å². The molecule has 0 spiro atoms. The van der Waals surface area contributed by atoms with Gasteiger partial charge in [-0.25, -0.2) is 4.39 Å². The number of hydrogen-bond acceptors (Lipinski definition) is 3. The van der Waals surface area contributed by atoms with E-state index >= 15 is 0 Å². The van der Waals surface area contributed by atoms with Crippen LogP contribution in [0.3, 0.4) is 0 Å². The van der Waals surface area contributed by atoms with E-state index in [0.29, 0.717) is 6.04 Å². The molecule has 1 N–H and O–H groups in total. The fourth-order valence-electron chi connectivity index (χ4n) is 3.17. The minimum atomic E-state index is -0.534. The van der Waals surface area contributed by atoms with Gasteiger partial charge < -0.3 is 10.1 Å². The third-order valence-corrected chi connectivity index (χ3v) is 4.09. The predicted octanol–water partition coefficient (Wildman–Crippen LogP) is 2.16. The monoisotopic (exact) mass is 249 g/mol. The minimum Gasteiger partial charge on any atom is -0.494 e. The van der Waals surface area contributed by atoms with Crippen molar-refractivity contribution < 1.29 is 13.9 Å². The van der Waals surface area contributed by atoms with Crippen molar-refractivity contribution >= 4 is 5.78 Å². The molecule has 1 aromatic rings. The van der Waals surface area contributed by atoms with Gasteiger partial charge in [0.2, 0.25) is 0 Å². The molecule has 96 valence electrons. The molecule has 2 bridgehead atoms. The van der Waals surface area contributed by atoms with E-state index < -0.39 is 5.82 Å². The zero-order valence-electron chi connectivity index (χ0n) is 10.3. The van der Waals surface area contributed by atoms with Crippen molar-refractivity contribution in [3.8, 4) is 5.75 Å². The largest absolute Gasteiger partial charge is 0.494 e. The second-order valence-electron chi connectivity index (χ2n) is 5.08. The van der Waals surface area contributed by atoms with Crippen molar-refractivity contribution in [2.75, 3.05) is 7.11 Å². The average Bonchev–Trinajstić information content (AvgIpc) is 3.00. The molecule has 0 radical (unpaired) electrons. The molecular formula is C14H16FNO2. The number of benzene rings is 1. The van der Waals surface area contributed by atoms with Crippen LogP contribution >= 0.6 is 0 Å². The van der Waals surface area contributed by atoms with E-state index in [4.69, 9.17) is 4.74 Å². The summed E-state index contributed by atoms with van der Waals surface area (Å²) in [5.41, 5.74) is 0.161. The topological polar surface area (TPSA) is 38.3 Å². The summed E-state index contributed by atoms with van der Waals surface area (Å²) < 4.78 is 19.0. The number of ether oxygens (including phenoxy) is 1. The molecular weight excluding hydrogens is 233 g/mol. The molecule has 3 unspecified atom stereocenters. The zero-order chi connectivity index (χ0) is 12.7. The summed E-state index contributed by atoms with van der Waals surface area (Å²) in [5.74, 6) is -0.568. The second-order valence-corrected chi connectivity index (χ2v) is 5.08. The van der Waals surface area contributed by atoms with Gasteiger partial charge in [-0.05, 0) is 31.4 Å². The maximum absolute atomic E-state index is 14.1. The first-order chi connectivity index (χ1) is 8.70. The van der Waals surface area contributed by atoms with Crippen LogP contribution in [0.25, 0.3) is 0 Å². The summed E-state index contributed by atoms with van der Waals surface area (Å²) in [6.45, 7) is 0. The minimum absolute atomic E-state index is 0.0784. The maximum atomic E-state index is 14.1. The lowest BCUT2D eigenvalue weighted by Gasteiger charge is -2.19. The van der Waals surface area contributed by atoms with Crippen LogP contribution in [-0.2, 0) is 0 Å². The lowest BCUT2D eigenvalue weighted by atomic mass is 9.83. The van der Waals surface area contributed by atoms with Crippen molar-refractivity contribution in [1.82, 2.24) is 5.32 Å². The lowest BCUT2D eigenvalue weighted by molar-refractivity contribution is 0.0896. The van der Waals surface area contributed by atoms with Gasteiger partial charge in [-0.15, -0.1) is 0 Å². The summed E-state index contributed by atoms with van der Waals surface area (Å²) in [6, 6.07) is 5.42. The van der Waals surface area contributed by atoms with Crippen LogP contribution in [0, 0.1) is 11.7 Å². The van der Waals surface area contributed by atoms with Crippen molar-refractivity contribution in [3.63, 3.8) is 0 Å². The molecule has 3 rings (SSSR count). The lowest BCUT2D eigenvalue weighted by Crippen LogP contribution is -2.29. The summed E-state index contributed by atoms with van der Waals surface area (Å²) >= 11 is 0. The van der Waals surface area contributed by atoms with Gasteiger partial charge in [-0.2, -0.15) is 0 Å². The van der Waals surface area contributed by atoms with Crippen molar-refractivity contribution in [2.24, 2.45) is 5.92 Å². The predicted molar refractivity (Wildman–Crippen MR) is 65.3 cm³/mol. The number of Topliss-reactive ketones (excluding diaryl/α,β-unsaturated/α-hetero) is 1. The van der Waals surface area contributed by atoms with Gasteiger partial charge in [0.1, 0.15) is 0 Å². The average molecular weight is 249 g/mol. The molecule has 0 aliphatic carbocycles. The number of nitrogens with one attached hydrogen (secondary N) is 1. The molecule has 2 heterocycles. The molecule has 0 aromatic heterocycles. The highest BCUT2D eigenvalue weighted by atomic mass is 19.1. The normalized spacial score (nSPS) is 29.6. The zero-order valence-corrected chi connectivity index (χ0v) is 10.3. The molecule has 2 saturated heterocycles. The number of fused-ring (bicyclic) bond motifs is 2. The highest BCUT2D eigenvalue weighted by Gasteiger charge is 2.43. The van der Waals surface area contributed by atoms with Crippen molar-refractivity contribution in [3.05, 3.63) is 29.6 Å². The van der Waals surface area contributed by atoms with Gasteiger partial charge in [0, 0.05) is 18.0 Å². The number of ketones is 1. The Bertz CT molecular complexity index is 489. The van der Waals surface area contributed by atoms with E-state index in [1.165, 1.54) is 13.2 Å². The first-order valence-electron chi connectivity index (χ1n) is 6.33. The highest BCUT2D eigenvalue weighted by molar-refractivity contribution is 5.99. The van der Waals surface area contributed by atoms with Gasteiger partial charge >= 0.3 is 0 Å². The summed E-state index contributed by atoms with van der Waals surface area (Å²) in [5, 5.41) is 3.40. The summed E-state index contributed by atoms with van der Waals surface area (Å²) in [4.78, 5) is 12.4. The van der Waals surface area contributed by atoms with Crippen LogP contribution in [0.15, 0.2) is 18.2 Å². The SMILES string of the molecule is COc1cccc(C(=O)C2CC3CCC2N3)c1F. The molecule has 0 amide bonds. The van der Waals surface area contributed by atoms with Crippen molar-refractivity contribution in [1.29, 1.82) is 0 Å². The van der Waals surface area contributed by atoms with Gasteiger partial charge in [0.25, 0.3) is 0 Å². The Morgan fingerprint density at radius 1 is 1.44 bits per heavy atom. The smallest absolute Gasteiger partial charge is 0.175 e. The summed E-state index contributed by atoms with van der Waals surface area (Å²) in [6.07, 6.45) is 2.99. The molecule has 0 saturated carbocycles. The quantitative estimate of drug-likeness (QED) is 0.834. The van der Waals surface area contributed by atoms with Crippen LogP contribution in [0.2, 0.25) is 0 Å². The Morgan fingerprint density at radius 2 is 2.28 bits per heavy atom. The second kappa shape index (κ2) is 4.35. The van der Waals surface area contributed by atoms with E-state index in [9.17, 15) is 9.18 Å². The Hall–Kier alpha value is -1.42. The van der Waals surface area contributed by atoms with E-state index in [2.05, 4.69) is 5.32 Å². The van der Waals surface area contributed by atoms with E-state index in [1.807, 2.05) is 0 Å². The Morgan fingerprint density at radius 3 is 2.89 bits per heavy atom. The number of rotatable bonds is 3. The van der Waals surface area contributed by atoms with E-state index in [1.54, 1.807) is 12.1 Å². The Labute approximate surface area is 105 Å². The van der Waals surface area contributed by atoms with Gasteiger partial charge in [-0.3, -0.25) is 4.79 Å². The number of halogens is 1.